The molecule has 2 aromatic carbocycles. The second-order valence-electron chi connectivity index (χ2n) is 7.32. The highest BCUT2D eigenvalue weighted by Gasteiger charge is 2.36. The van der Waals surface area contributed by atoms with Gasteiger partial charge in [0.1, 0.15) is 12.6 Å². The minimum Gasteiger partial charge on any atom is -0.490 e. The molecule has 0 aliphatic carbocycles. The number of carbonyl (C=O) groups is 4. The number of thioether (sulfide) groups is 1. The minimum absolute atomic E-state index is 0.0749. The first-order chi connectivity index (χ1) is 17.8. The fourth-order valence-electron chi connectivity index (χ4n) is 3.21. The summed E-state index contributed by atoms with van der Waals surface area (Å²) in [7, 11) is 0. The van der Waals surface area contributed by atoms with Crippen LogP contribution in [-0.2, 0) is 14.3 Å². The number of esters is 1. The first-order valence-electron chi connectivity index (χ1n) is 11.1. The lowest BCUT2D eigenvalue weighted by Gasteiger charge is -2.13. The highest BCUT2D eigenvalue weighted by Crippen LogP contribution is 2.34. The van der Waals surface area contributed by atoms with Gasteiger partial charge in [-0.3, -0.25) is 19.3 Å². The molecule has 1 fully saturated rings. The first-order valence-corrected chi connectivity index (χ1v) is 12.2. The highest BCUT2D eigenvalue weighted by atomic mass is 35.5. The van der Waals surface area contributed by atoms with Crippen LogP contribution in [-0.4, -0.2) is 54.3 Å². The molecule has 12 heteroatoms. The van der Waals surface area contributed by atoms with Gasteiger partial charge in [0.2, 0.25) is 5.91 Å². The minimum atomic E-state index is -0.642. The van der Waals surface area contributed by atoms with Gasteiger partial charge < -0.3 is 19.5 Å². The summed E-state index contributed by atoms with van der Waals surface area (Å²) in [5.74, 6) is -1.15. The maximum atomic E-state index is 12.9. The summed E-state index contributed by atoms with van der Waals surface area (Å²) in [6.45, 7) is 3.28. The van der Waals surface area contributed by atoms with Crippen LogP contribution in [0.25, 0.3) is 6.08 Å². The van der Waals surface area contributed by atoms with Crippen molar-refractivity contribution in [2.45, 2.75) is 13.8 Å². The van der Waals surface area contributed by atoms with Gasteiger partial charge in [-0.1, -0.05) is 17.7 Å². The van der Waals surface area contributed by atoms with E-state index in [1.807, 2.05) is 6.07 Å². The Bertz CT molecular complexity index is 1310. The fraction of sp³-hybridized carbons (Fsp3) is 0.240. The van der Waals surface area contributed by atoms with E-state index < -0.39 is 29.6 Å². The molecule has 0 aromatic heterocycles. The van der Waals surface area contributed by atoms with Crippen LogP contribution in [0.3, 0.4) is 0 Å². The van der Waals surface area contributed by atoms with Crippen LogP contribution in [0.4, 0.5) is 10.5 Å². The molecule has 3 rings (SSSR count). The Hall–Kier alpha value is -4.01. The van der Waals surface area contributed by atoms with Crippen molar-refractivity contribution < 1.29 is 33.4 Å². The van der Waals surface area contributed by atoms with Crippen LogP contribution in [0, 0.1) is 11.3 Å². The predicted molar refractivity (Wildman–Crippen MR) is 137 cm³/mol. The number of hydrogen-bond acceptors (Lipinski definition) is 9. The largest absolute Gasteiger partial charge is 0.490 e. The van der Waals surface area contributed by atoms with Crippen LogP contribution in [0.2, 0.25) is 5.02 Å². The van der Waals surface area contributed by atoms with Crippen molar-refractivity contribution >= 4 is 58.1 Å². The van der Waals surface area contributed by atoms with E-state index in [0.29, 0.717) is 35.4 Å². The normalized spacial score (nSPS) is 13.9. The number of nitriles is 1. The molecule has 1 N–H and O–H groups in total. The summed E-state index contributed by atoms with van der Waals surface area (Å²) in [5, 5.41) is 10.8. The van der Waals surface area contributed by atoms with E-state index in [1.54, 1.807) is 32.0 Å². The Labute approximate surface area is 222 Å². The zero-order chi connectivity index (χ0) is 26.9. The van der Waals surface area contributed by atoms with Crippen molar-refractivity contribution in [3.8, 4) is 17.6 Å². The fourth-order valence-corrected chi connectivity index (χ4v) is 4.25. The number of amides is 3. The number of halogens is 1. The lowest BCUT2D eigenvalue weighted by atomic mass is 10.2. The molecule has 0 saturated carbocycles. The van der Waals surface area contributed by atoms with Crippen molar-refractivity contribution in [2.75, 3.05) is 31.7 Å². The lowest BCUT2D eigenvalue weighted by molar-refractivity contribution is -0.127. The zero-order valence-corrected chi connectivity index (χ0v) is 21.5. The number of nitrogens with one attached hydrogen (secondary N) is 1. The second-order valence-corrected chi connectivity index (χ2v) is 8.72. The van der Waals surface area contributed by atoms with Gasteiger partial charge >= 0.3 is 5.97 Å². The van der Waals surface area contributed by atoms with Gasteiger partial charge in [0.25, 0.3) is 11.1 Å². The molecule has 0 bridgehead atoms. The first kappa shape index (κ1) is 27.6. The van der Waals surface area contributed by atoms with Crippen molar-refractivity contribution in [1.29, 1.82) is 5.26 Å². The van der Waals surface area contributed by atoms with Crippen molar-refractivity contribution in [2.24, 2.45) is 0 Å². The molecule has 192 valence electrons. The number of benzene rings is 2. The summed E-state index contributed by atoms with van der Waals surface area (Å²) >= 11 is 6.73. The van der Waals surface area contributed by atoms with E-state index in [2.05, 4.69) is 5.32 Å². The van der Waals surface area contributed by atoms with Crippen LogP contribution in [0.5, 0.6) is 11.5 Å². The molecule has 0 unspecified atom stereocenters. The molecule has 1 saturated heterocycles. The van der Waals surface area contributed by atoms with Gasteiger partial charge in [0.15, 0.2) is 18.1 Å². The Kier molecular flexibility index (Phi) is 9.54. The molecule has 1 aliphatic rings. The van der Waals surface area contributed by atoms with Gasteiger partial charge in [-0.2, -0.15) is 5.26 Å². The molecule has 1 aliphatic heterocycles. The smallest absolute Gasteiger partial charge is 0.339 e. The second kappa shape index (κ2) is 12.8. The Morgan fingerprint density at radius 1 is 1.11 bits per heavy atom. The molecular weight excluding hydrogens is 522 g/mol. The summed E-state index contributed by atoms with van der Waals surface area (Å²) in [6, 6.07) is 11.0. The zero-order valence-electron chi connectivity index (χ0n) is 19.9. The van der Waals surface area contributed by atoms with Gasteiger partial charge in [-0.15, -0.1) is 0 Å². The van der Waals surface area contributed by atoms with E-state index in [1.165, 1.54) is 24.3 Å². The van der Waals surface area contributed by atoms with Crippen LogP contribution in [0.15, 0.2) is 41.3 Å². The van der Waals surface area contributed by atoms with Gasteiger partial charge in [0, 0.05) is 5.69 Å². The number of imide groups is 1. The molecule has 3 amide bonds. The lowest BCUT2D eigenvalue weighted by Crippen LogP contribution is -2.36. The molecule has 1 heterocycles. The van der Waals surface area contributed by atoms with Gasteiger partial charge in [0.05, 0.1) is 28.7 Å². The van der Waals surface area contributed by atoms with E-state index in [4.69, 9.17) is 31.1 Å². The van der Waals surface area contributed by atoms with Gasteiger partial charge in [-0.05, 0) is 67.6 Å². The molecule has 10 nitrogen and oxygen atoms in total. The van der Waals surface area contributed by atoms with Crippen LogP contribution in [0.1, 0.15) is 29.8 Å². The third-order valence-corrected chi connectivity index (χ3v) is 6.02. The van der Waals surface area contributed by atoms with E-state index in [9.17, 15) is 19.2 Å². The Morgan fingerprint density at radius 2 is 1.89 bits per heavy atom. The maximum absolute atomic E-state index is 12.9. The van der Waals surface area contributed by atoms with E-state index >= 15 is 0 Å². The predicted octanol–water partition coefficient (Wildman–Crippen LogP) is 4.49. The monoisotopic (exact) mass is 543 g/mol. The van der Waals surface area contributed by atoms with Crippen LogP contribution < -0.4 is 14.8 Å². The number of anilines is 1. The van der Waals surface area contributed by atoms with Gasteiger partial charge in [-0.25, -0.2) is 4.79 Å². The summed E-state index contributed by atoms with van der Waals surface area (Å²) in [5.41, 5.74) is 0.892. The molecule has 0 spiro atoms. The maximum Gasteiger partial charge on any atom is 0.339 e. The van der Waals surface area contributed by atoms with Crippen molar-refractivity contribution in [1.82, 2.24) is 4.90 Å². The number of carbonyl (C=O) groups excluding carboxylic acids is 4. The molecule has 0 atom stereocenters. The van der Waals surface area contributed by atoms with E-state index in [-0.39, 0.29) is 34.4 Å². The third-order valence-electron chi connectivity index (χ3n) is 4.78. The summed E-state index contributed by atoms with van der Waals surface area (Å²) in [6.07, 6.45) is 1.50. The third kappa shape index (κ3) is 7.03. The molecule has 37 heavy (non-hydrogen) atoms. The highest BCUT2D eigenvalue weighted by molar-refractivity contribution is 8.18. The molecule has 2 aromatic rings. The van der Waals surface area contributed by atoms with Crippen molar-refractivity contribution in [3.05, 3.63) is 57.5 Å². The number of nitrogens with zero attached hydrogens (tertiary/aromatic N) is 2. The number of ether oxygens (including phenoxy) is 3. The van der Waals surface area contributed by atoms with Crippen LogP contribution >= 0.6 is 23.4 Å². The average Bonchev–Trinajstić information content (AvgIpc) is 3.12. The molecule has 0 radical (unpaired) electrons. The standard InChI is InChI=1S/C25H22ClN3O7S/c1-3-34-20-11-15(5-8-19(20)36-10-9-27)12-21-23(31)29(25(33)37-21)14-22(30)28-16-6-7-18(26)17(13-16)24(32)35-4-2/h5-8,11-13H,3-4,10,14H2,1-2H3,(H,28,30)/b21-12-. The summed E-state index contributed by atoms with van der Waals surface area (Å²) < 4.78 is 15.8. The SMILES string of the molecule is CCOC(=O)c1cc(NC(=O)CN2C(=O)S/C(=C\c3ccc(OCC#N)c(OCC)c3)C2=O)ccc1Cl. The topological polar surface area (TPSA) is 135 Å². The van der Waals surface area contributed by atoms with E-state index in [0.717, 1.165) is 4.90 Å². The quantitative estimate of drug-likeness (QED) is 0.339. The summed E-state index contributed by atoms with van der Waals surface area (Å²) in [4.78, 5) is 50.9. The average molecular weight is 544 g/mol. The molecular formula is C25H22ClN3O7S. The number of hydrogen-bond donors (Lipinski definition) is 1. The Balaban J connectivity index is 1.71. The Morgan fingerprint density at radius 3 is 2.59 bits per heavy atom. The van der Waals surface area contributed by atoms with Crippen molar-refractivity contribution in [3.63, 3.8) is 0 Å². The number of rotatable bonds is 10.